The lowest BCUT2D eigenvalue weighted by atomic mass is 10.2. The fourth-order valence-electron chi connectivity index (χ4n) is 1.65. The summed E-state index contributed by atoms with van der Waals surface area (Å²) in [5.41, 5.74) is 2.11. The van der Waals surface area contributed by atoms with Crippen LogP contribution in [0, 0.1) is 6.92 Å². The van der Waals surface area contributed by atoms with Crippen LogP contribution in [-0.2, 0) is 4.74 Å². The van der Waals surface area contributed by atoms with Crippen LogP contribution in [0.15, 0.2) is 18.3 Å². The van der Waals surface area contributed by atoms with Crippen molar-refractivity contribution in [3.8, 4) is 0 Å². The molecule has 0 bridgehead atoms. The average Bonchev–Trinajstić information content (AvgIpc) is 2.74. The minimum atomic E-state index is -0.499. The van der Waals surface area contributed by atoms with Crippen LogP contribution in [0.3, 0.4) is 0 Å². The maximum Gasteiger partial charge on any atom is 0.124 e. The molecule has 0 saturated heterocycles. The van der Waals surface area contributed by atoms with Crippen LogP contribution in [0.4, 0.5) is 0 Å². The third kappa shape index (κ3) is 4.55. The second-order valence-electron chi connectivity index (χ2n) is 4.70. The summed E-state index contributed by atoms with van der Waals surface area (Å²) in [4.78, 5) is 3.12. The van der Waals surface area contributed by atoms with Gasteiger partial charge < -0.3 is 20.1 Å². The molecule has 0 aliphatic rings. The van der Waals surface area contributed by atoms with E-state index in [4.69, 9.17) is 4.74 Å². The highest BCUT2D eigenvalue weighted by Gasteiger charge is 2.10. The number of H-pyrrole nitrogens is 1. The number of aryl methyl sites for hydroxylation is 1. The molecule has 4 heteroatoms. The van der Waals surface area contributed by atoms with Crippen LogP contribution in [-0.4, -0.2) is 35.4 Å². The van der Waals surface area contributed by atoms with Crippen molar-refractivity contribution in [3.63, 3.8) is 0 Å². The van der Waals surface area contributed by atoms with E-state index in [0.717, 1.165) is 17.0 Å². The summed E-state index contributed by atoms with van der Waals surface area (Å²) in [5.74, 6) is 0.803. The van der Waals surface area contributed by atoms with E-state index < -0.39 is 6.10 Å². The predicted molar refractivity (Wildman–Crippen MR) is 74.3 cm³/mol. The van der Waals surface area contributed by atoms with E-state index in [2.05, 4.69) is 10.3 Å². The van der Waals surface area contributed by atoms with Gasteiger partial charge in [0.2, 0.25) is 0 Å². The summed E-state index contributed by atoms with van der Waals surface area (Å²) in [6.45, 7) is 8.87. The van der Waals surface area contributed by atoms with Gasteiger partial charge in [0.05, 0.1) is 0 Å². The first-order valence-corrected chi connectivity index (χ1v) is 6.39. The maximum atomic E-state index is 9.79. The Hall–Kier alpha value is -1.26. The summed E-state index contributed by atoms with van der Waals surface area (Å²) in [6, 6.07) is 2.34. The second-order valence-corrected chi connectivity index (χ2v) is 4.70. The number of nitrogens with one attached hydrogen (secondary N) is 2. The largest absolute Gasteiger partial charge is 0.490 e. The average molecular weight is 252 g/mol. The number of aromatic nitrogens is 1. The number of ether oxygens (including phenoxy) is 1. The molecule has 0 aromatic carbocycles. The van der Waals surface area contributed by atoms with Crippen LogP contribution in [0.1, 0.15) is 32.0 Å². The number of hydrogen-bond acceptors (Lipinski definition) is 3. The highest BCUT2D eigenvalue weighted by molar-refractivity contribution is 5.61. The SMILES string of the molecule is C/C=C(/OCC(O)CNC(C)C)c1cc[nH]c1C. The van der Waals surface area contributed by atoms with E-state index in [1.54, 1.807) is 0 Å². The molecule has 3 N–H and O–H groups in total. The number of aliphatic hydroxyl groups is 1. The number of allylic oxidation sites excluding steroid dienone is 1. The zero-order chi connectivity index (χ0) is 13.5. The van der Waals surface area contributed by atoms with Gasteiger partial charge in [-0.25, -0.2) is 0 Å². The summed E-state index contributed by atoms with van der Waals surface area (Å²) in [6.07, 6.45) is 3.30. The standard InChI is InChI=1S/C14H24N2O2/c1-5-14(13-6-7-15-11(13)4)18-9-12(17)8-16-10(2)3/h5-7,10,12,15-17H,8-9H2,1-4H3/b14-5+. The zero-order valence-corrected chi connectivity index (χ0v) is 11.7. The summed E-state index contributed by atoms with van der Waals surface area (Å²) in [5, 5.41) is 13.0. The van der Waals surface area contributed by atoms with Gasteiger partial charge in [-0.1, -0.05) is 13.8 Å². The molecule has 18 heavy (non-hydrogen) atoms. The molecule has 0 amide bonds. The smallest absolute Gasteiger partial charge is 0.124 e. The summed E-state index contributed by atoms with van der Waals surface area (Å²) in [7, 11) is 0. The van der Waals surface area contributed by atoms with Gasteiger partial charge in [-0.2, -0.15) is 0 Å². The third-order valence-corrected chi connectivity index (χ3v) is 2.67. The zero-order valence-electron chi connectivity index (χ0n) is 11.7. The van der Waals surface area contributed by atoms with Crippen LogP contribution >= 0.6 is 0 Å². The van der Waals surface area contributed by atoms with E-state index in [1.807, 2.05) is 46.0 Å². The molecular weight excluding hydrogens is 228 g/mol. The first-order valence-electron chi connectivity index (χ1n) is 6.39. The molecule has 0 aliphatic heterocycles. The molecule has 0 fully saturated rings. The second kappa shape index (κ2) is 7.24. The van der Waals surface area contributed by atoms with Crippen molar-refractivity contribution in [1.82, 2.24) is 10.3 Å². The molecular formula is C14H24N2O2. The van der Waals surface area contributed by atoms with Crippen molar-refractivity contribution >= 4 is 5.76 Å². The van der Waals surface area contributed by atoms with Crippen LogP contribution in [0.25, 0.3) is 5.76 Å². The van der Waals surface area contributed by atoms with E-state index in [9.17, 15) is 5.11 Å². The number of hydrogen-bond donors (Lipinski definition) is 3. The lowest BCUT2D eigenvalue weighted by molar-refractivity contribution is 0.0911. The maximum absolute atomic E-state index is 9.79. The van der Waals surface area contributed by atoms with Gasteiger partial charge in [0.15, 0.2) is 0 Å². The Kier molecular flexibility index (Phi) is 5.95. The normalized spacial score (nSPS) is 14.0. The van der Waals surface area contributed by atoms with Gasteiger partial charge >= 0.3 is 0 Å². The number of aliphatic hydroxyl groups excluding tert-OH is 1. The van der Waals surface area contributed by atoms with Gasteiger partial charge in [0, 0.05) is 30.0 Å². The molecule has 102 valence electrons. The Balaban J connectivity index is 2.44. The third-order valence-electron chi connectivity index (χ3n) is 2.67. The Morgan fingerprint density at radius 1 is 1.56 bits per heavy atom. The fraction of sp³-hybridized carbons (Fsp3) is 0.571. The van der Waals surface area contributed by atoms with Crippen molar-refractivity contribution in [1.29, 1.82) is 0 Å². The van der Waals surface area contributed by atoms with Gasteiger partial charge in [0.25, 0.3) is 0 Å². The van der Waals surface area contributed by atoms with Gasteiger partial charge in [0.1, 0.15) is 18.5 Å². The van der Waals surface area contributed by atoms with Gasteiger partial charge in [-0.15, -0.1) is 0 Å². The summed E-state index contributed by atoms with van der Waals surface area (Å²) >= 11 is 0. The van der Waals surface area contributed by atoms with E-state index >= 15 is 0 Å². The minimum Gasteiger partial charge on any atom is -0.490 e. The van der Waals surface area contributed by atoms with Crippen molar-refractivity contribution < 1.29 is 9.84 Å². The van der Waals surface area contributed by atoms with Crippen LogP contribution in [0.2, 0.25) is 0 Å². The van der Waals surface area contributed by atoms with Crippen molar-refractivity contribution in [2.45, 2.75) is 39.8 Å². The number of rotatable bonds is 7. The van der Waals surface area contributed by atoms with Crippen molar-refractivity contribution in [2.75, 3.05) is 13.2 Å². The van der Waals surface area contributed by atoms with Crippen LogP contribution < -0.4 is 5.32 Å². The Bertz CT molecular complexity index is 383. The minimum absolute atomic E-state index is 0.296. The molecule has 1 atom stereocenters. The quantitative estimate of drug-likeness (QED) is 0.651. The molecule has 1 unspecified atom stereocenters. The fourth-order valence-corrected chi connectivity index (χ4v) is 1.65. The first-order chi connectivity index (χ1) is 8.54. The van der Waals surface area contributed by atoms with E-state index in [-0.39, 0.29) is 0 Å². The molecule has 1 aromatic rings. The topological polar surface area (TPSA) is 57.3 Å². The predicted octanol–water partition coefficient (Wildman–Crippen LogP) is 2.06. The number of aromatic amines is 1. The van der Waals surface area contributed by atoms with E-state index in [0.29, 0.717) is 19.2 Å². The lowest BCUT2D eigenvalue weighted by Gasteiger charge is -2.16. The molecule has 4 nitrogen and oxygen atoms in total. The summed E-state index contributed by atoms with van der Waals surface area (Å²) < 4.78 is 5.66. The highest BCUT2D eigenvalue weighted by Crippen LogP contribution is 2.19. The van der Waals surface area contributed by atoms with Crippen molar-refractivity contribution in [3.05, 3.63) is 29.6 Å². The molecule has 0 spiro atoms. The Morgan fingerprint density at radius 3 is 2.78 bits per heavy atom. The van der Waals surface area contributed by atoms with E-state index in [1.165, 1.54) is 0 Å². The van der Waals surface area contributed by atoms with Crippen molar-refractivity contribution in [2.24, 2.45) is 0 Å². The molecule has 1 heterocycles. The lowest BCUT2D eigenvalue weighted by Crippen LogP contribution is -2.34. The monoisotopic (exact) mass is 252 g/mol. The molecule has 1 aromatic heterocycles. The Morgan fingerprint density at radius 2 is 2.28 bits per heavy atom. The van der Waals surface area contributed by atoms with Gasteiger partial charge in [-0.3, -0.25) is 0 Å². The molecule has 0 radical (unpaired) electrons. The molecule has 0 aliphatic carbocycles. The molecule has 0 saturated carbocycles. The van der Waals surface area contributed by atoms with Gasteiger partial charge in [-0.05, 0) is 26.0 Å². The first kappa shape index (κ1) is 14.8. The van der Waals surface area contributed by atoms with Crippen LogP contribution in [0.5, 0.6) is 0 Å². The highest BCUT2D eigenvalue weighted by atomic mass is 16.5. The Labute approximate surface area is 109 Å². The molecule has 1 rings (SSSR count).